The number of para-hydroxylation sites is 1. The van der Waals surface area contributed by atoms with Crippen LogP contribution >= 0.6 is 0 Å². The molecular weight excluding hydrogens is 290 g/mol. The standard InChI is InChI=1S/C15H15NO4S/c16-13-4-2-1-3-11(13)10-21(17,18)12-5-6-14-15(9-12)20-8-7-19-14/h1-6,9H,7-8,10,16H2. The van der Waals surface area contributed by atoms with Gasteiger partial charge in [-0.05, 0) is 23.8 Å². The van der Waals surface area contributed by atoms with E-state index in [0.717, 1.165) is 0 Å². The minimum atomic E-state index is -3.48. The lowest BCUT2D eigenvalue weighted by Crippen LogP contribution is -2.16. The number of sulfone groups is 1. The SMILES string of the molecule is Nc1ccccc1CS(=O)(=O)c1ccc2c(c1)OCCO2. The molecular formula is C15H15NO4S. The van der Waals surface area contributed by atoms with E-state index in [0.29, 0.717) is 36.0 Å². The third kappa shape index (κ3) is 2.80. The number of hydrogen-bond acceptors (Lipinski definition) is 5. The minimum absolute atomic E-state index is 0.140. The summed E-state index contributed by atoms with van der Waals surface area (Å²) in [4.78, 5) is 0.204. The van der Waals surface area contributed by atoms with E-state index in [2.05, 4.69) is 0 Å². The monoisotopic (exact) mass is 305 g/mol. The summed E-state index contributed by atoms with van der Waals surface area (Å²) in [6, 6.07) is 11.6. The van der Waals surface area contributed by atoms with Crippen LogP contribution in [0.1, 0.15) is 5.56 Å². The summed E-state index contributed by atoms with van der Waals surface area (Å²) in [5.74, 6) is 0.891. The summed E-state index contributed by atoms with van der Waals surface area (Å²) in [6.45, 7) is 0.891. The Kier molecular flexibility index (Phi) is 3.47. The zero-order valence-corrected chi connectivity index (χ0v) is 12.1. The van der Waals surface area contributed by atoms with Crippen LogP contribution in [0.25, 0.3) is 0 Å². The Balaban J connectivity index is 1.93. The van der Waals surface area contributed by atoms with Crippen LogP contribution in [-0.2, 0) is 15.6 Å². The average molecular weight is 305 g/mol. The van der Waals surface area contributed by atoms with Crippen LogP contribution in [0, 0.1) is 0 Å². The smallest absolute Gasteiger partial charge is 0.182 e. The van der Waals surface area contributed by atoms with Gasteiger partial charge in [-0.25, -0.2) is 8.42 Å². The van der Waals surface area contributed by atoms with E-state index < -0.39 is 9.84 Å². The molecule has 110 valence electrons. The average Bonchev–Trinajstić information content (AvgIpc) is 2.49. The van der Waals surface area contributed by atoms with E-state index in [-0.39, 0.29) is 10.6 Å². The van der Waals surface area contributed by atoms with E-state index >= 15 is 0 Å². The number of anilines is 1. The van der Waals surface area contributed by atoms with Gasteiger partial charge >= 0.3 is 0 Å². The molecule has 0 aliphatic carbocycles. The maximum Gasteiger partial charge on any atom is 0.182 e. The van der Waals surface area contributed by atoms with Gasteiger partial charge in [0, 0.05) is 11.8 Å². The van der Waals surface area contributed by atoms with Gasteiger partial charge in [-0.2, -0.15) is 0 Å². The number of nitrogen functional groups attached to an aromatic ring is 1. The molecule has 1 heterocycles. The highest BCUT2D eigenvalue weighted by molar-refractivity contribution is 7.90. The molecule has 2 aromatic rings. The quantitative estimate of drug-likeness (QED) is 0.878. The van der Waals surface area contributed by atoms with Crippen molar-refractivity contribution in [3.63, 3.8) is 0 Å². The second-order valence-electron chi connectivity index (χ2n) is 4.76. The van der Waals surface area contributed by atoms with Gasteiger partial charge in [0.1, 0.15) is 13.2 Å². The van der Waals surface area contributed by atoms with Crippen molar-refractivity contribution in [2.24, 2.45) is 0 Å². The first-order valence-electron chi connectivity index (χ1n) is 6.52. The molecule has 0 amide bonds. The summed E-state index contributed by atoms with van der Waals surface area (Å²) in [7, 11) is -3.48. The molecule has 0 spiro atoms. The molecule has 0 unspecified atom stereocenters. The van der Waals surface area contributed by atoms with Crippen molar-refractivity contribution < 1.29 is 17.9 Å². The van der Waals surface area contributed by atoms with Crippen LogP contribution in [0.3, 0.4) is 0 Å². The number of fused-ring (bicyclic) bond motifs is 1. The van der Waals surface area contributed by atoms with Crippen molar-refractivity contribution in [2.45, 2.75) is 10.6 Å². The van der Waals surface area contributed by atoms with Crippen molar-refractivity contribution >= 4 is 15.5 Å². The topological polar surface area (TPSA) is 78.6 Å². The summed E-state index contributed by atoms with van der Waals surface area (Å²) in [5.41, 5.74) is 6.87. The Bertz CT molecular complexity index is 771. The van der Waals surface area contributed by atoms with Crippen molar-refractivity contribution in [3.8, 4) is 11.5 Å². The Morgan fingerprint density at radius 2 is 1.71 bits per heavy atom. The highest BCUT2D eigenvalue weighted by Crippen LogP contribution is 2.33. The Hall–Kier alpha value is -2.21. The number of hydrogen-bond donors (Lipinski definition) is 1. The van der Waals surface area contributed by atoms with Gasteiger partial charge in [-0.15, -0.1) is 0 Å². The minimum Gasteiger partial charge on any atom is -0.486 e. The molecule has 21 heavy (non-hydrogen) atoms. The third-order valence-electron chi connectivity index (χ3n) is 3.27. The molecule has 1 aliphatic rings. The van der Waals surface area contributed by atoms with Crippen molar-refractivity contribution in [2.75, 3.05) is 18.9 Å². The predicted octanol–water partition coefficient (Wildman–Crippen LogP) is 2.01. The van der Waals surface area contributed by atoms with Gasteiger partial charge in [0.05, 0.1) is 10.6 Å². The summed E-state index contributed by atoms with van der Waals surface area (Å²) >= 11 is 0. The first-order chi connectivity index (χ1) is 10.1. The molecule has 1 aliphatic heterocycles. The third-order valence-corrected chi connectivity index (χ3v) is 4.94. The number of nitrogens with two attached hydrogens (primary N) is 1. The molecule has 5 nitrogen and oxygen atoms in total. The van der Waals surface area contributed by atoms with E-state index in [4.69, 9.17) is 15.2 Å². The fraction of sp³-hybridized carbons (Fsp3) is 0.200. The lowest BCUT2D eigenvalue weighted by molar-refractivity contribution is 0.171. The van der Waals surface area contributed by atoms with Crippen LogP contribution in [-0.4, -0.2) is 21.6 Å². The highest BCUT2D eigenvalue weighted by atomic mass is 32.2. The van der Waals surface area contributed by atoms with Gasteiger partial charge in [-0.3, -0.25) is 0 Å². The Labute approximate surface area is 123 Å². The van der Waals surface area contributed by atoms with Crippen LogP contribution in [0.5, 0.6) is 11.5 Å². The molecule has 0 bridgehead atoms. The molecule has 0 radical (unpaired) electrons. The normalized spacial score (nSPS) is 13.9. The molecule has 2 N–H and O–H groups in total. The van der Waals surface area contributed by atoms with E-state index in [9.17, 15) is 8.42 Å². The van der Waals surface area contributed by atoms with Crippen LogP contribution in [0.2, 0.25) is 0 Å². The van der Waals surface area contributed by atoms with E-state index in [1.54, 1.807) is 30.3 Å². The van der Waals surface area contributed by atoms with Crippen molar-refractivity contribution in [1.29, 1.82) is 0 Å². The molecule has 6 heteroatoms. The second-order valence-corrected chi connectivity index (χ2v) is 6.75. The van der Waals surface area contributed by atoms with Crippen molar-refractivity contribution in [3.05, 3.63) is 48.0 Å². The highest BCUT2D eigenvalue weighted by Gasteiger charge is 2.20. The van der Waals surface area contributed by atoms with E-state index in [1.807, 2.05) is 0 Å². The molecule has 0 atom stereocenters. The van der Waals surface area contributed by atoms with E-state index in [1.165, 1.54) is 12.1 Å². The van der Waals surface area contributed by atoms with Crippen LogP contribution in [0.15, 0.2) is 47.4 Å². The Morgan fingerprint density at radius 1 is 1.00 bits per heavy atom. The summed E-state index contributed by atoms with van der Waals surface area (Å²) < 4.78 is 35.8. The van der Waals surface area contributed by atoms with Gasteiger partial charge in [-0.1, -0.05) is 18.2 Å². The predicted molar refractivity (Wildman–Crippen MR) is 79.2 cm³/mol. The van der Waals surface area contributed by atoms with Gasteiger partial charge in [0.25, 0.3) is 0 Å². The van der Waals surface area contributed by atoms with Gasteiger partial charge < -0.3 is 15.2 Å². The summed E-state index contributed by atoms with van der Waals surface area (Å²) in [5, 5.41) is 0. The molecule has 0 fully saturated rings. The molecule has 0 aromatic heterocycles. The zero-order chi connectivity index (χ0) is 14.9. The fourth-order valence-corrected chi connectivity index (χ4v) is 3.57. The number of benzene rings is 2. The maximum absolute atomic E-state index is 12.5. The Morgan fingerprint density at radius 3 is 2.48 bits per heavy atom. The molecule has 3 rings (SSSR count). The van der Waals surface area contributed by atoms with Crippen molar-refractivity contribution in [1.82, 2.24) is 0 Å². The first kappa shape index (κ1) is 13.8. The van der Waals surface area contributed by atoms with Gasteiger partial charge in [0.15, 0.2) is 21.3 Å². The summed E-state index contributed by atoms with van der Waals surface area (Å²) in [6.07, 6.45) is 0. The second kappa shape index (κ2) is 5.29. The lowest BCUT2D eigenvalue weighted by atomic mass is 10.2. The largest absolute Gasteiger partial charge is 0.486 e. The number of rotatable bonds is 3. The fourth-order valence-electron chi connectivity index (χ4n) is 2.17. The molecule has 0 saturated heterocycles. The van der Waals surface area contributed by atoms with Crippen LogP contribution in [0.4, 0.5) is 5.69 Å². The molecule has 0 saturated carbocycles. The first-order valence-corrected chi connectivity index (χ1v) is 8.17. The zero-order valence-electron chi connectivity index (χ0n) is 11.3. The number of ether oxygens (including phenoxy) is 2. The maximum atomic E-state index is 12.5. The lowest BCUT2D eigenvalue weighted by Gasteiger charge is -2.19. The molecule has 2 aromatic carbocycles. The van der Waals surface area contributed by atoms with Gasteiger partial charge in [0.2, 0.25) is 0 Å². The van der Waals surface area contributed by atoms with Crippen LogP contribution < -0.4 is 15.2 Å².